The maximum atomic E-state index is 12.7. The molecule has 12 heteroatoms. The lowest BCUT2D eigenvalue weighted by molar-refractivity contribution is -0.142. The van der Waals surface area contributed by atoms with Crippen LogP contribution in [0, 0.1) is 6.92 Å². The molecular formula is C27H32F3N5O3S. The molecule has 8 nitrogen and oxygen atoms in total. The standard InChI is InChI=1S/C16H17F3N4O3S.C11H15N/c1-9-6-12(16(17,18)19)21-23(9)7-13(24)22-4-2-10(3-5-22)14-20-11(8-27-14)15(25)26;1-12-11-8-4-6-9-5-2-3-7-10(9)11/h6,8,10H,2-5,7H2,1H3,(H,25,26);2-3,5,7,11-12H,4,6,8H2,1H3/t;11-/m.1/s1. The van der Waals surface area contributed by atoms with Crippen molar-refractivity contribution in [1.82, 2.24) is 25.0 Å². The average molecular weight is 564 g/mol. The highest BCUT2D eigenvalue weighted by Crippen LogP contribution is 2.31. The van der Waals surface area contributed by atoms with Crippen LogP contribution < -0.4 is 5.32 Å². The Morgan fingerprint density at radius 2 is 1.90 bits per heavy atom. The summed E-state index contributed by atoms with van der Waals surface area (Å²) in [4.78, 5) is 29.0. The van der Waals surface area contributed by atoms with Gasteiger partial charge >= 0.3 is 12.1 Å². The number of thiazole rings is 1. The molecule has 2 N–H and O–H groups in total. The summed E-state index contributed by atoms with van der Waals surface area (Å²) in [5.74, 6) is -1.29. The third-order valence-corrected chi connectivity index (χ3v) is 8.22. The first-order valence-corrected chi connectivity index (χ1v) is 13.8. The minimum atomic E-state index is -4.54. The number of aryl methyl sites for hydroxylation is 2. The fraction of sp³-hybridized carbons (Fsp3) is 0.481. The number of benzene rings is 1. The Kier molecular flexibility index (Phi) is 9.06. The van der Waals surface area contributed by atoms with Crippen molar-refractivity contribution in [3.8, 4) is 0 Å². The number of nitrogens with zero attached hydrogens (tertiary/aromatic N) is 4. The van der Waals surface area contributed by atoms with Crippen molar-refractivity contribution in [2.45, 2.75) is 63.7 Å². The van der Waals surface area contributed by atoms with E-state index in [1.807, 2.05) is 7.05 Å². The Morgan fingerprint density at radius 3 is 2.51 bits per heavy atom. The van der Waals surface area contributed by atoms with Crippen LogP contribution in [0.2, 0.25) is 0 Å². The molecule has 3 heterocycles. The van der Waals surface area contributed by atoms with Crippen LogP contribution in [0.25, 0.3) is 0 Å². The number of carboxylic acid groups (broad SMARTS) is 1. The zero-order valence-corrected chi connectivity index (χ0v) is 22.7. The lowest BCUT2D eigenvalue weighted by atomic mass is 9.88. The summed E-state index contributed by atoms with van der Waals surface area (Å²) < 4.78 is 39.2. The van der Waals surface area contributed by atoms with Gasteiger partial charge in [-0.3, -0.25) is 9.48 Å². The van der Waals surface area contributed by atoms with Gasteiger partial charge < -0.3 is 15.3 Å². The number of likely N-dealkylation sites (tertiary alicyclic amines) is 1. The number of aromatic carboxylic acids is 1. The number of fused-ring (bicyclic) bond motifs is 1. The smallest absolute Gasteiger partial charge is 0.435 e. The number of carbonyl (C=O) groups is 2. The SMILES string of the molecule is CN[C@@H]1CCCc2ccccc21.Cc1cc(C(F)(F)F)nn1CC(=O)N1CCC(c2nc(C(=O)O)cs2)CC1. The van der Waals surface area contributed by atoms with E-state index < -0.39 is 17.8 Å². The molecule has 1 amide bonds. The number of rotatable bonds is 5. The lowest BCUT2D eigenvalue weighted by Gasteiger charge is -2.31. The van der Waals surface area contributed by atoms with Crippen molar-refractivity contribution in [3.63, 3.8) is 0 Å². The number of piperidine rings is 1. The monoisotopic (exact) mass is 563 g/mol. The van der Waals surface area contributed by atoms with Gasteiger partial charge in [0.1, 0.15) is 6.54 Å². The van der Waals surface area contributed by atoms with Crippen molar-refractivity contribution in [1.29, 1.82) is 0 Å². The quantitative estimate of drug-likeness (QED) is 0.451. The van der Waals surface area contributed by atoms with E-state index in [1.54, 1.807) is 4.90 Å². The Bertz CT molecular complexity index is 1300. The summed E-state index contributed by atoms with van der Waals surface area (Å²) in [6.45, 7) is 2.12. The molecule has 2 aromatic heterocycles. The highest BCUT2D eigenvalue weighted by atomic mass is 32.1. The van der Waals surface area contributed by atoms with Gasteiger partial charge in [0.15, 0.2) is 11.4 Å². The van der Waals surface area contributed by atoms with E-state index in [1.165, 1.54) is 54.0 Å². The highest BCUT2D eigenvalue weighted by Gasteiger charge is 2.35. The number of amides is 1. The van der Waals surface area contributed by atoms with Gasteiger partial charge in [-0.25, -0.2) is 9.78 Å². The molecular weight excluding hydrogens is 531 g/mol. The Morgan fingerprint density at radius 1 is 1.18 bits per heavy atom. The molecule has 1 aromatic carbocycles. The third kappa shape index (κ3) is 7.04. The third-order valence-electron chi connectivity index (χ3n) is 7.21. The van der Waals surface area contributed by atoms with Crippen LogP contribution in [0.15, 0.2) is 35.7 Å². The number of aromatic nitrogens is 3. The highest BCUT2D eigenvalue weighted by molar-refractivity contribution is 7.09. The van der Waals surface area contributed by atoms with Crippen LogP contribution in [-0.4, -0.2) is 56.8 Å². The van der Waals surface area contributed by atoms with Crippen LogP contribution in [0.4, 0.5) is 13.2 Å². The van der Waals surface area contributed by atoms with Gasteiger partial charge in [0, 0.05) is 36.1 Å². The van der Waals surface area contributed by atoms with Gasteiger partial charge in [-0.15, -0.1) is 11.3 Å². The minimum absolute atomic E-state index is 0.0168. The Hall–Kier alpha value is -3.25. The Labute approximate surface area is 228 Å². The van der Waals surface area contributed by atoms with Gasteiger partial charge in [-0.2, -0.15) is 18.3 Å². The van der Waals surface area contributed by atoms with Crippen LogP contribution >= 0.6 is 11.3 Å². The van der Waals surface area contributed by atoms with E-state index in [2.05, 4.69) is 39.7 Å². The fourth-order valence-electron chi connectivity index (χ4n) is 5.04. The normalized spacial score (nSPS) is 17.8. The zero-order chi connectivity index (χ0) is 28.2. The van der Waals surface area contributed by atoms with Gasteiger partial charge in [0.25, 0.3) is 0 Å². The minimum Gasteiger partial charge on any atom is -0.476 e. The summed E-state index contributed by atoms with van der Waals surface area (Å²) >= 11 is 1.29. The number of carboxylic acids is 1. The van der Waals surface area contributed by atoms with E-state index in [0.717, 1.165) is 15.8 Å². The first-order valence-electron chi connectivity index (χ1n) is 12.9. The number of alkyl halides is 3. The van der Waals surface area contributed by atoms with E-state index in [0.29, 0.717) is 32.0 Å². The van der Waals surface area contributed by atoms with Crippen molar-refractivity contribution in [3.05, 3.63) is 68.9 Å². The second-order valence-electron chi connectivity index (χ2n) is 9.79. The van der Waals surface area contributed by atoms with Crippen molar-refractivity contribution in [2.24, 2.45) is 0 Å². The fourth-order valence-corrected chi connectivity index (χ4v) is 6.00. The zero-order valence-electron chi connectivity index (χ0n) is 21.9. The van der Waals surface area contributed by atoms with Crippen molar-refractivity contribution < 1.29 is 27.9 Å². The van der Waals surface area contributed by atoms with Crippen molar-refractivity contribution >= 4 is 23.2 Å². The predicted octanol–water partition coefficient (Wildman–Crippen LogP) is 5.05. The molecule has 0 spiro atoms. The molecule has 1 aliphatic heterocycles. The molecule has 2 aliphatic rings. The molecule has 1 saturated heterocycles. The summed E-state index contributed by atoms with van der Waals surface area (Å²) in [6.07, 6.45) is 0.582. The van der Waals surface area contributed by atoms with Gasteiger partial charge in [0.05, 0.1) is 5.01 Å². The van der Waals surface area contributed by atoms with Crippen LogP contribution in [0.1, 0.15) is 75.7 Å². The number of halogens is 3. The average Bonchev–Trinajstić information content (AvgIpc) is 3.56. The van der Waals surface area contributed by atoms with Crippen molar-refractivity contribution in [2.75, 3.05) is 20.1 Å². The molecule has 1 fully saturated rings. The second kappa shape index (κ2) is 12.3. The molecule has 0 unspecified atom stereocenters. The molecule has 1 aliphatic carbocycles. The number of hydrogen-bond donors (Lipinski definition) is 2. The number of nitrogens with one attached hydrogen (secondary N) is 1. The van der Waals surface area contributed by atoms with E-state index in [9.17, 15) is 22.8 Å². The van der Waals surface area contributed by atoms with E-state index in [-0.39, 0.29) is 29.8 Å². The largest absolute Gasteiger partial charge is 0.476 e. The van der Waals surface area contributed by atoms with Gasteiger partial charge in [0.2, 0.25) is 5.91 Å². The topological polar surface area (TPSA) is 100 Å². The summed E-state index contributed by atoms with van der Waals surface area (Å²) in [6, 6.07) is 10.3. The first kappa shape index (κ1) is 28.8. The maximum Gasteiger partial charge on any atom is 0.435 e. The van der Waals surface area contributed by atoms with Crippen LogP contribution in [0.3, 0.4) is 0 Å². The molecule has 210 valence electrons. The molecule has 5 rings (SSSR count). The van der Waals surface area contributed by atoms with Gasteiger partial charge in [-0.05, 0) is 63.3 Å². The molecule has 0 radical (unpaired) electrons. The van der Waals surface area contributed by atoms with E-state index >= 15 is 0 Å². The number of carbonyl (C=O) groups excluding carboxylic acids is 1. The number of hydrogen-bond acceptors (Lipinski definition) is 6. The molecule has 39 heavy (non-hydrogen) atoms. The predicted molar refractivity (Wildman–Crippen MR) is 141 cm³/mol. The first-order chi connectivity index (χ1) is 18.6. The molecule has 3 aromatic rings. The van der Waals surface area contributed by atoms with Gasteiger partial charge in [-0.1, -0.05) is 24.3 Å². The van der Waals surface area contributed by atoms with Crippen LogP contribution in [-0.2, 0) is 23.9 Å². The second-order valence-corrected chi connectivity index (χ2v) is 10.7. The molecule has 0 saturated carbocycles. The summed E-state index contributed by atoms with van der Waals surface area (Å²) in [5.41, 5.74) is 2.32. The van der Waals surface area contributed by atoms with E-state index in [4.69, 9.17) is 5.11 Å². The molecule has 0 bridgehead atoms. The lowest BCUT2D eigenvalue weighted by Crippen LogP contribution is -2.40. The Balaban J connectivity index is 0.000000243. The summed E-state index contributed by atoms with van der Waals surface area (Å²) in [7, 11) is 2.05. The van der Waals surface area contributed by atoms with Crippen LogP contribution in [0.5, 0.6) is 0 Å². The molecule has 1 atom stereocenters. The maximum absolute atomic E-state index is 12.7. The summed E-state index contributed by atoms with van der Waals surface area (Å²) in [5, 5.41) is 18.0.